The summed E-state index contributed by atoms with van der Waals surface area (Å²) < 4.78 is 10.9. The summed E-state index contributed by atoms with van der Waals surface area (Å²) in [4.78, 5) is 41.9. The van der Waals surface area contributed by atoms with Gasteiger partial charge in [0.1, 0.15) is 17.3 Å². The van der Waals surface area contributed by atoms with Crippen molar-refractivity contribution in [3.05, 3.63) is 59.7 Å². The first-order valence-electron chi connectivity index (χ1n) is 10.6. The molecule has 7 nitrogen and oxygen atoms in total. The zero-order valence-corrected chi connectivity index (χ0v) is 17.5. The molecule has 0 aromatic heterocycles. The summed E-state index contributed by atoms with van der Waals surface area (Å²) >= 11 is 0. The van der Waals surface area contributed by atoms with E-state index in [9.17, 15) is 14.4 Å². The van der Waals surface area contributed by atoms with Crippen LogP contribution in [0.15, 0.2) is 48.5 Å². The summed E-state index contributed by atoms with van der Waals surface area (Å²) in [5.74, 6) is 0.366. The van der Waals surface area contributed by atoms with Gasteiger partial charge < -0.3 is 19.3 Å². The van der Waals surface area contributed by atoms with E-state index >= 15 is 0 Å². The van der Waals surface area contributed by atoms with Crippen molar-refractivity contribution in [1.29, 1.82) is 0 Å². The lowest BCUT2D eigenvalue weighted by Crippen LogP contribution is -2.49. The fourth-order valence-corrected chi connectivity index (χ4v) is 5.33. The molecule has 5 rings (SSSR count). The van der Waals surface area contributed by atoms with Gasteiger partial charge in [-0.05, 0) is 25.0 Å². The monoisotopic (exact) mass is 420 g/mol. The predicted octanol–water partition coefficient (Wildman–Crippen LogP) is 4.34. The smallest absolute Gasteiger partial charge is 0.410 e. The molecule has 1 fully saturated rings. The highest BCUT2D eigenvalue weighted by Crippen LogP contribution is 2.48. The maximum absolute atomic E-state index is 13.9. The number of rotatable bonds is 2. The molecular weight excluding hydrogens is 396 g/mol. The van der Waals surface area contributed by atoms with Crippen LogP contribution in [0.2, 0.25) is 0 Å². The number of benzene rings is 2. The molecule has 0 saturated heterocycles. The first-order valence-corrected chi connectivity index (χ1v) is 10.6. The molecule has 2 heterocycles. The minimum absolute atomic E-state index is 0.0777. The van der Waals surface area contributed by atoms with E-state index in [0.29, 0.717) is 24.3 Å². The van der Waals surface area contributed by atoms with Crippen LogP contribution in [-0.2, 0) is 4.79 Å². The fourth-order valence-electron chi connectivity index (χ4n) is 5.33. The third-order valence-electron chi connectivity index (χ3n) is 6.80. The molecule has 1 saturated carbocycles. The van der Waals surface area contributed by atoms with E-state index in [1.54, 1.807) is 26.2 Å². The van der Waals surface area contributed by atoms with E-state index in [-0.39, 0.29) is 29.7 Å². The molecule has 2 aromatic carbocycles. The topological polar surface area (TPSA) is 76.2 Å². The number of nitrogens with zero attached hydrogens (tertiary/aromatic N) is 2. The molecule has 160 valence electrons. The van der Waals surface area contributed by atoms with Crippen molar-refractivity contribution in [3.8, 4) is 11.5 Å². The van der Waals surface area contributed by atoms with E-state index in [1.807, 2.05) is 36.4 Å². The Morgan fingerprint density at radius 2 is 1.13 bits per heavy atom. The molecule has 0 N–H and O–H groups in total. The largest absolute Gasteiger partial charge is 0.415 e. The Balaban J connectivity index is 1.53. The summed E-state index contributed by atoms with van der Waals surface area (Å²) in [6.07, 6.45) is 1.30. The van der Waals surface area contributed by atoms with Crippen molar-refractivity contribution in [2.24, 2.45) is 11.8 Å². The summed E-state index contributed by atoms with van der Waals surface area (Å²) in [7, 11) is 3.36. The molecule has 4 unspecified atom stereocenters. The van der Waals surface area contributed by atoms with Gasteiger partial charge in [-0.2, -0.15) is 0 Å². The van der Waals surface area contributed by atoms with Gasteiger partial charge in [0.05, 0.1) is 12.1 Å². The van der Waals surface area contributed by atoms with Gasteiger partial charge in [0.2, 0.25) is 0 Å². The summed E-state index contributed by atoms with van der Waals surface area (Å²) in [5, 5.41) is 0. The third kappa shape index (κ3) is 3.07. The maximum atomic E-state index is 13.9. The number of fused-ring (bicyclic) bond motifs is 2. The van der Waals surface area contributed by atoms with E-state index < -0.39 is 12.2 Å². The van der Waals surface area contributed by atoms with E-state index in [1.165, 1.54) is 9.80 Å². The SMILES string of the molecule is CN1C(=O)Oc2ccccc2C1C1CCCC(C2c3ccccc3OC(=O)N2C)C1=O. The molecule has 7 heteroatoms. The zero-order chi connectivity index (χ0) is 21.7. The maximum Gasteiger partial charge on any atom is 0.415 e. The quantitative estimate of drug-likeness (QED) is 0.722. The normalized spacial score (nSPS) is 27.9. The second-order valence-corrected chi connectivity index (χ2v) is 8.47. The average molecular weight is 420 g/mol. The Morgan fingerprint density at radius 1 is 0.710 bits per heavy atom. The second-order valence-electron chi connectivity index (χ2n) is 8.47. The van der Waals surface area contributed by atoms with Gasteiger partial charge in [-0.1, -0.05) is 42.8 Å². The van der Waals surface area contributed by atoms with Crippen molar-refractivity contribution in [1.82, 2.24) is 9.80 Å². The van der Waals surface area contributed by atoms with Crippen molar-refractivity contribution < 1.29 is 23.9 Å². The molecule has 0 spiro atoms. The standard InChI is InChI=1S/C24H24N2O5/c1-25-20(14-8-3-5-12-18(14)30-23(25)28)16-10-7-11-17(22(16)27)21-15-9-4-6-13-19(15)31-24(29)26(21)2/h3-6,8-9,12-13,16-17,20-21H,7,10-11H2,1-2H3. The molecule has 2 aromatic rings. The van der Waals surface area contributed by atoms with Crippen LogP contribution in [0.4, 0.5) is 9.59 Å². The molecule has 31 heavy (non-hydrogen) atoms. The van der Waals surface area contributed by atoms with Crippen LogP contribution in [0.1, 0.15) is 42.5 Å². The van der Waals surface area contributed by atoms with Crippen LogP contribution in [0.3, 0.4) is 0 Å². The third-order valence-corrected chi connectivity index (χ3v) is 6.80. The van der Waals surface area contributed by atoms with Crippen LogP contribution >= 0.6 is 0 Å². The Bertz CT molecular complexity index is 986. The lowest BCUT2D eigenvalue weighted by Gasteiger charge is -2.44. The van der Waals surface area contributed by atoms with E-state index in [0.717, 1.165) is 17.5 Å². The lowest BCUT2D eigenvalue weighted by molar-refractivity contribution is -0.134. The zero-order valence-electron chi connectivity index (χ0n) is 17.5. The van der Waals surface area contributed by atoms with E-state index in [2.05, 4.69) is 0 Å². The summed E-state index contributed by atoms with van der Waals surface area (Å²) in [6.45, 7) is 0. The van der Waals surface area contributed by atoms with Crippen LogP contribution in [0.5, 0.6) is 11.5 Å². The Morgan fingerprint density at radius 3 is 1.58 bits per heavy atom. The fraction of sp³-hybridized carbons (Fsp3) is 0.375. The minimum Gasteiger partial charge on any atom is -0.410 e. The molecule has 1 aliphatic carbocycles. The summed E-state index contributed by atoms with van der Waals surface area (Å²) in [6, 6.07) is 14.0. The molecule has 4 atom stereocenters. The molecule has 2 amide bonds. The van der Waals surface area contributed by atoms with Crippen molar-refractivity contribution in [2.75, 3.05) is 14.1 Å². The number of ketones is 1. The van der Waals surface area contributed by atoms with Gasteiger partial charge in [0.25, 0.3) is 0 Å². The highest BCUT2D eigenvalue weighted by Gasteiger charge is 2.48. The van der Waals surface area contributed by atoms with Gasteiger partial charge >= 0.3 is 12.2 Å². The van der Waals surface area contributed by atoms with Crippen LogP contribution in [0, 0.1) is 11.8 Å². The van der Waals surface area contributed by atoms with Crippen LogP contribution in [0.25, 0.3) is 0 Å². The average Bonchev–Trinajstić information content (AvgIpc) is 2.77. The highest BCUT2D eigenvalue weighted by molar-refractivity contribution is 5.88. The van der Waals surface area contributed by atoms with Gasteiger partial charge in [-0.15, -0.1) is 0 Å². The van der Waals surface area contributed by atoms with Crippen molar-refractivity contribution >= 4 is 18.0 Å². The number of para-hydroxylation sites is 2. The van der Waals surface area contributed by atoms with Crippen molar-refractivity contribution in [3.63, 3.8) is 0 Å². The van der Waals surface area contributed by atoms with E-state index in [4.69, 9.17) is 9.47 Å². The second kappa shape index (κ2) is 7.41. The number of carbonyl (C=O) groups is 3. The Kier molecular flexibility index (Phi) is 4.68. The number of amides is 2. The first kappa shape index (κ1) is 19.6. The van der Waals surface area contributed by atoms with Gasteiger partial charge in [-0.25, -0.2) is 9.59 Å². The van der Waals surface area contributed by atoms with Gasteiger partial charge in [-0.3, -0.25) is 4.79 Å². The van der Waals surface area contributed by atoms with Crippen LogP contribution < -0.4 is 9.47 Å². The molecule has 0 bridgehead atoms. The molecule has 3 aliphatic rings. The Hall–Kier alpha value is -3.35. The lowest BCUT2D eigenvalue weighted by atomic mass is 9.70. The Labute approximate surface area is 180 Å². The summed E-state index contributed by atoms with van der Waals surface area (Å²) in [5.41, 5.74) is 1.70. The molecular formula is C24H24N2O5. The highest BCUT2D eigenvalue weighted by atomic mass is 16.6. The number of carbonyl (C=O) groups excluding carboxylic acids is 3. The molecule has 0 radical (unpaired) electrons. The van der Waals surface area contributed by atoms with Crippen LogP contribution in [-0.4, -0.2) is 41.9 Å². The van der Waals surface area contributed by atoms with Gasteiger partial charge in [0.15, 0.2) is 0 Å². The number of ether oxygens (including phenoxy) is 2. The number of hydrogen-bond donors (Lipinski definition) is 0. The number of hydrogen-bond acceptors (Lipinski definition) is 5. The minimum atomic E-state index is -0.456. The van der Waals surface area contributed by atoms with Gasteiger partial charge in [0, 0.05) is 37.1 Å². The molecule has 2 aliphatic heterocycles. The van der Waals surface area contributed by atoms with Crippen molar-refractivity contribution in [2.45, 2.75) is 31.3 Å². The first-order chi connectivity index (χ1) is 15.0. The predicted molar refractivity (Wildman–Crippen MR) is 112 cm³/mol. The number of Topliss-reactive ketones (excluding diaryl/α,β-unsaturated/α-hetero) is 1.